The quantitative estimate of drug-likeness (QED) is 0.0778. The predicted molar refractivity (Wildman–Crippen MR) is 179 cm³/mol. The molecule has 1 aliphatic heterocycles. The third-order valence-electron chi connectivity index (χ3n) is 8.68. The number of esters is 2. The van der Waals surface area contributed by atoms with Gasteiger partial charge in [0.15, 0.2) is 0 Å². The van der Waals surface area contributed by atoms with Gasteiger partial charge in [-0.05, 0) is 51.6 Å². The molecule has 2 unspecified atom stereocenters. The molecule has 0 amide bonds. The number of hydrogen-bond acceptors (Lipinski definition) is 8. The van der Waals surface area contributed by atoms with Crippen LogP contribution in [0.4, 0.5) is 0 Å². The molecule has 0 radical (unpaired) electrons. The van der Waals surface area contributed by atoms with E-state index in [4.69, 9.17) is 14.2 Å². The van der Waals surface area contributed by atoms with E-state index in [1.165, 1.54) is 0 Å². The first kappa shape index (κ1) is 33.6. The van der Waals surface area contributed by atoms with Crippen molar-refractivity contribution in [1.29, 1.82) is 0 Å². The lowest BCUT2D eigenvalue weighted by molar-refractivity contribution is -0.192. The van der Waals surface area contributed by atoms with E-state index < -0.39 is 55.8 Å². The molecule has 1 heterocycles. The maximum absolute atomic E-state index is 13.3. The Morgan fingerprint density at radius 1 is 0.809 bits per heavy atom. The van der Waals surface area contributed by atoms with E-state index in [0.29, 0.717) is 5.56 Å². The van der Waals surface area contributed by atoms with E-state index in [2.05, 4.69) is 10.0 Å². The van der Waals surface area contributed by atoms with Crippen LogP contribution >= 0.6 is 0 Å². The standard InChI is InChI=1S/C36H37N3O7Si/c1-36(2,47(43,27-19-11-5-12-20-27)28-21-13-6-14-22-28)23-29-31(38-39-37)33(46-35(42)26-17-9-4-10-18-26)32(40)30(45-29)24-44-34(41)25-15-7-3-8-16-25/h3-22,29-33,40,43H,23-24H2,1-2H3/t29-,30?,31+,32+,33?/m0/s1. The predicted octanol–water partition coefficient (Wildman–Crippen LogP) is 4.80. The van der Waals surface area contributed by atoms with Crippen LogP contribution < -0.4 is 10.4 Å². The van der Waals surface area contributed by atoms with Gasteiger partial charge in [-0.25, -0.2) is 9.59 Å². The highest BCUT2D eigenvalue weighted by Gasteiger charge is 2.55. The summed E-state index contributed by atoms with van der Waals surface area (Å²) in [7, 11) is -3.56. The average Bonchev–Trinajstić information content (AvgIpc) is 3.11. The molecule has 11 heteroatoms. The SMILES string of the molecule is CC(C)(C[C@@H]1OC(COC(=O)c2ccccc2)[C@@H](O)C(OC(=O)c2ccccc2)[C@@H]1N=[N+]=[N-])[Si](O)(c1ccccc1)c1ccccc1. The molecule has 5 rings (SSSR count). The van der Waals surface area contributed by atoms with Gasteiger partial charge >= 0.3 is 11.9 Å². The van der Waals surface area contributed by atoms with Crippen molar-refractivity contribution in [2.75, 3.05) is 6.61 Å². The monoisotopic (exact) mass is 651 g/mol. The van der Waals surface area contributed by atoms with Crippen molar-refractivity contribution >= 4 is 30.6 Å². The fraction of sp³-hybridized carbons (Fsp3) is 0.278. The number of rotatable bonds is 11. The fourth-order valence-electron chi connectivity index (χ4n) is 6.20. The van der Waals surface area contributed by atoms with Crippen LogP contribution in [-0.2, 0) is 14.2 Å². The van der Waals surface area contributed by atoms with E-state index >= 15 is 0 Å². The zero-order valence-corrected chi connectivity index (χ0v) is 27.1. The Balaban J connectivity index is 1.51. The summed E-state index contributed by atoms with van der Waals surface area (Å²) < 4.78 is 17.8. The molecule has 5 atom stereocenters. The van der Waals surface area contributed by atoms with Crippen LogP contribution in [0, 0.1) is 0 Å². The van der Waals surface area contributed by atoms with Crippen molar-refractivity contribution in [3.63, 3.8) is 0 Å². The third-order valence-corrected chi connectivity index (χ3v) is 13.2. The van der Waals surface area contributed by atoms with Gasteiger partial charge in [-0.15, -0.1) is 0 Å². The molecule has 10 nitrogen and oxygen atoms in total. The number of ether oxygens (including phenoxy) is 3. The van der Waals surface area contributed by atoms with Crippen molar-refractivity contribution in [2.24, 2.45) is 5.11 Å². The molecular formula is C36H37N3O7Si. The minimum absolute atomic E-state index is 0.137. The van der Waals surface area contributed by atoms with Gasteiger partial charge in [0.2, 0.25) is 0 Å². The second-order valence-corrected chi connectivity index (χ2v) is 16.1. The average molecular weight is 652 g/mol. The van der Waals surface area contributed by atoms with E-state index in [1.807, 2.05) is 74.5 Å². The molecule has 0 aromatic heterocycles. The Kier molecular flexibility index (Phi) is 10.5. The molecule has 0 aliphatic carbocycles. The topological polar surface area (TPSA) is 151 Å². The van der Waals surface area contributed by atoms with Crippen LogP contribution in [-0.4, -0.2) is 67.2 Å². The summed E-state index contributed by atoms with van der Waals surface area (Å²) in [6.45, 7) is 3.49. The normalized spacial score (nSPS) is 21.2. The fourth-order valence-corrected chi connectivity index (χ4v) is 9.94. The molecular weight excluding hydrogens is 614 g/mol. The van der Waals surface area contributed by atoms with Gasteiger partial charge in [0.1, 0.15) is 31.0 Å². The number of aliphatic hydroxyl groups is 1. The van der Waals surface area contributed by atoms with Gasteiger partial charge in [0, 0.05) is 4.91 Å². The summed E-state index contributed by atoms with van der Waals surface area (Å²) in [6, 6.07) is 34.3. The van der Waals surface area contributed by atoms with Crippen molar-refractivity contribution in [1.82, 2.24) is 0 Å². The van der Waals surface area contributed by atoms with E-state index in [9.17, 15) is 25.0 Å². The molecule has 47 heavy (non-hydrogen) atoms. The Hall–Kier alpha value is -4.77. The van der Waals surface area contributed by atoms with Gasteiger partial charge < -0.3 is 24.1 Å². The molecule has 1 fully saturated rings. The lowest BCUT2D eigenvalue weighted by Crippen LogP contribution is -2.67. The van der Waals surface area contributed by atoms with Crippen molar-refractivity contribution < 1.29 is 33.7 Å². The molecule has 242 valence electrons. The summed E-state index contributed by atoms with van der Waals surface area (Å²) in [6.07, 6.45) is -4.83. The molecule has 0 bridgehead atoms. The summed E-state index contributed by atoms with van der Waals surface area (Å²) in [5.41, 5.74) is 10.2. The highest BCUT2D eigenvalue weighted by molar-refractivity contribution is 6.98. The van der Waals surface area contributed by atoms with Gasteiger partial charge in [0.05, 0.1) is 17.2 Å². The molecule has 4 aromatic carbocycles. The minimum Gasteiger partial charge on any atom is -0.459 e. The Morgan fingerprint density at radius 3 is 1.77 bits per heavy atom. The van der Waals surface area contributed by atoms with E-state index in [-0.39, 0.29) is 18.6 Å². The van der Waals surface area contributed by atoms with Crippen LogP contribution in [0.5, 0.6) is 0 Å². The van der Waals surface area contributed by atoms with Crippen molar-refractivity contribution in [3.05, 3.63) is 143 Å². The second kappa shape index (κ2) is 14.8. The highest BCUT2D eigenvalue weighted by Crippen LogP contribution is 2.43. The molecule has 0 spiro atoms. The van der Waals surface area contributed by atoms with Gasteiger partial charge in [0.25, 0.3) is 8.32 Å². The van der Waals surface area contributed by atoms with Crippen LogP contribution in [0.1, 0.15) is 41.0 Å². The number of aliphatic hydroxyl groups excluding tert-OH is 1. The van der Waals surface area contributed by atoms with Gasteiger partial charge in [-0.2, -0.15) is 0 Å². The lowest BCUT2D eigenvalue weighted by atomic mass is 9.88. The first-order chi connectivity index (χ1) is 22.7. The summed E-state index contributed by atoms with van der Waals surface area (Å²) >= 11 is 0. The number of nitrogens with zero attached hydrogens (tertiary/aromatic N) is 3. The lowest BCUT2D eigenvalue weighted by Gasteiger charge is -2.48. The zero-order valence-electron chi connectivity index (χ0n) is 26.1. The third kappa shape index (κ3) is 7.30. The number of hydrogen-bond donors (Lipinski definition) is 2. The summed E-state index contributed by atoms with van der Waals surface area (Å²) in [5.74, 6) is -1.35. The minimum atomic E-state index is -3.56. The Morgan fingerprint density at radius 2 is 1.28 bits per heavy atom. The van der Waals surface area contributed by atoms with Crippen LogP contribution in [0.25, 0.3) is 10.4 Å². The van der Waals surface area contributed by atoms with E-state index in [0.717, 1.165) is 10.4 Å². The first-order valence-corrected chi connectivity index (χ1v) is 17.3. The summed E-state index contributed by atoms with van der Waals surface area (Å²) in [4.78, 5) is 41.9. The van der Waals surface area contributed by atoms with Gasteiger partial charge in [-0.3, -0.25) is 0 Å². The number of azide groups is 1. The van der Waals surface area contributed by atoms with Crippen molar-refractivity contribution in [3.8, 4) is 0 Å². The number of carbonyl (C=O) groups is 2. The van der Waals surface area contributed by atoms with Gasteiger partial charge in [-0.1, -0.05) is 116 Å². The molecule has 4 aromatic rings. The Labute approximate surface area is 274 Å². The van der Waals surface area contributed by atoms with E-state index in [1.54, 1.807) is 60.7 Å². The first-order valence-electron chi connectivity index (χ1n) is 15.3. The highest BCUT2D eigenvalue weighted by atomic mass is 28.4. The smallest absolute Gasteiger partial charge is 0.338 e. The molecule has 1 saturated heterocycles. The Bertz CT molecular complexity index is 1650. The van der Waals surface area contributed by atoms with Crippen LogP contribution in [0.2, 0.25) is 5.04 Å². The molecule has 1 aliphatic rings. The van der Waals surface area contributed by atoms with Crippen molar-refractivity contribution in [2.45, 2.75) is 55.8 Å². The van der Waals surface area contributed by atoms with Crippen LogP contribution in [0.3, 0.4) is 0 Å². The maximum Gasteiger partial charge on any atom is 0.338 e. The zero-order chi connectivity index (χ0) is 33.4. The largest absolute Gasteiger partial charge is 0.459 e. The van der Waals surface area contributed by atoms with Crippen LogP contribution in [0.15, 0.2) is 126 Å². The molecule has 2 N–H and O–H groups in total. The number of carbonyl (C=O) groups excluding carboxylic acids is 2. The maximum atomic E-state index is 13.3. The molecule has 0 saturated carbocycles. The second-order valence-electron chi connectivity index (χ2n) is 12.1. The summed E-state index contributed by atoms with van der Waals surface area (Å²) in [5, 5.41) is 16.2. The number of benzene rings is 4.